The maximum Gasteiger partial charge on any atom is 0.231 e. The monoisotopic (exact) mass is 204 g/mol. The van der Waals surface area contributed by atoms with Crippen molar-refractivity contribution in [1.29, 1.82) is 0 Å². The molecule has 0 saturated carbocycles. The van der Waals surface area contributed by atoms with Crippen molar-refractivity contribution in [3.8, 4) is 0 Å². The minimum atomic E-state index is -0.290. The van der Waals surface area contributed by atoms with Crippen molar-refractivity contribution in [2.24, 2.45) is 5.73 Å². The highest BCUT2D eigenvalue weighted by molar-refractivity contribution is 8.00. The summed E-state index contributed by atoms with van der Waals surface area (Å²) < 4.78 is 0.259. The van der Waals surface area contributed by atoms with E-state index < -0.39 is 0 Å². The Bertz CT molecular complexity index is 149. The van der Waals surface area contributed by atoms with Crippen LogP contribution >= 0.6 is 11.8 Å². The van der Waals surface area contributed by atoms with Crippen molar-refractivity contribution in [1.82, 2.24) is 5.32 Å². The van der Waals surface area contributed by atoms with Gasteiger partial charge in [-0.05, 0) is 19.1 Å². The summed E-state index contributed by atoms with van der Waals surface area (Å²) >= 11 is 1.85. The third kappa shape index (κ3) is 4.52. The quantitative estimate of drug-likeness (QED) is 0.650. The molecule has 0 aliphatic carbocycles. The molecule has 0 aliphatic rings. The first-order valence-electron chi connectivity index (χ1n) is 4.64. The Labute approximate surface area is 84.8 Å². The molecule has 3 nitrogen and oxygen atoms in total. The van der Waals surface area contributed by atoms with Crippen molar-refractivity contribution in [3.05, 3.63) is 0 Å². The standard InChI is InChI=1S/C9H20N2OS/c1-4-9(5-2,13-3)7-11-6-8(10)12/h11H,4-7H2,1-3H3,(H2,10,12). The van der Waals surface area contributed by atoms with E-state index in [-0.39, 0.29) is 17.2 Å². The molecule has 4 heteroatoms. The van der Waals surface area contributed by atoms with Gasteiger partial charge in [-0.15, -0.1) is 0 Å². The molecule has 1 amide bonds. The molecule has 0 aromatic heterocycles. The predicted octanol–water partition coefficient (Wildman–Crippen LogP) is 0.983. The van der Waals surface area contributed by atoms with E-state index in [1.54, 1.807) is 0 Å². The van der Waals surface area contributed by atoms with E-state index in [4.69, 9.17) is 5.73 Å². The third-order valence-electron chi connectivity index (χ3n) is 2.47. The molecule has 0 atom stereocenters. The number of carbonyl (C=O) groups is 1. The molecular formula is C9H20N2OS. The molecule has 0 rings (SSSR count). The molecule has 0 bridgehead atoms. The van der Waals surface area contributed by atoms with E-state index in [2.05, 4.69) is 25.4 Å². The largest absolute Gasteiger partial charge is 0.369 e. The number of primary amides is 1. The Morgan fingerprint density at radius 2 is 2.00 bits per heavy atom. The summed E-state index contributed by atoms with van der Waals surface area (Å²) in [5, 5.41) is 3.08. The maximum atomic E-state index is 10.5. The summed E-state index contributed by atoms with van der Waals surface area (Å²) in [4.78, 5) is 10.5. The molecule has 0 fully saturated rings. The van der Waals surface area contributed by atoms with Gasteiger partial charge < -0.3 is 11.1 Å². The van der Waals surface area contributed by atoms with E-state index in [1.165, 1.54) is 0 Å². The topological polar surface area (TPSA) is 55.1 Å². The molecule has 0 heterocycles. The van der Waals surface area contributed by atoms with Crippen LogP contribution in [0.4, 0.5) is 0 Å². The van der Waals surface area contributed by atoms with Gasteiger partial charge in [0.1, 0.15) is 0 Å². The summed E-state index contributed by atoms with van der Waals surface area (Å²) in [7, 11) is 0. The number of hydrogen-bond donors (Lipinski definition) is 2. The zero-order valence-corrected chi connectivity index (χ0v) is 9.54. The normalized spacial score (nSPS) is 11.6. The minimum absolute atomic E-state index is 0.259. The van der Waals surface area contributed by atoms with Crippen LogP contribution in [-0.2, 0) is 4.79 Å². The Kier molecular flexibility index (Phi) is 6.16. The fourth-order valence-corrected chi connectivity index (χ4v) is 2.10. The van der Waals surface area contributed by atoms with E-state index in [0.29, 0.717) is 0 Å². The predicted molar refractivity (Wildman–Crippen MR) is 58.9 cm³/mol. The highest BCUT2D eigenvalue weighted by Crippen LogP contribution is 2.29. The smallest absolute Gasteiger partial charge is 0.231 e. The van der Waals surface area contributed by atoms with Gasteiger partial charge >= 0.3 is 0 Å². The summed E-state index contributed by atoms with van der Waals surface area (Å²) in [6.07, 6.45) is 4.33. The van der Waals surface area contributed by atoms with Crippen molar-refractivity contribution in [2.45, 2.75) is 31.4 Å². The molecule has 0 saturated heterocycles. The fraction of sp³-hybridized carbons (Fsp3) is 0.889. The Hall–Kier alpha value is -0.220. The number of hydrogen-bond acceptors (Lipinski definition) is 3. The van der Waals surface area contributed by atoms with Gasteiger partial charge in [-0.3, -0.25) is 4.79 Å². The number of amides is 1. The summed E-state index contributed by atoms with van der Waals surface area (Å²) in [5.74, 6) is -0.290. The number of thioether (sulfide) groups is 1. The van der Waals surface area contributed by atoms with Crippen LogP contribution in [0, 0.1) is 0 Å². The molecule has 13 heavy (non-hydrogen) atoms. The number of rotatable bonds is 7. The highest BCUT2D eigenvalue weighted by atomic mass is 32.2. The van der Waals surface area contributed by atoms with Gasteiger partial charge in [-0.25, -0.2) is 0 Å². The Morgan fingerprint density at radius 3 is 2.31 bits per heavy atom. The second kappa shape index (κ2) is 6.27. The number of nitrogens with one attached hydrogen (secondary N) is 1. The second-order valence-corrected chi connectivity index (χ2v) is 4.44. The van der Waals surface area contributed by atoms with E-state index in [9.17, 15) is 4.79 Å². The molecule has 78 valence electrons. The third-order valence-corrected chi connectivity index (χ3v) is 4.06. The van der Waals surface area contributed by atoms with Crippen LogP contribution in [0.1, 0.15) is 26.7 Å². The van der Waals surface area contributed by atoms with Crippen LogP contribution in [0.2, 0.25) is 0 Å². The SMILES string of the molecule is CCC(CC)(CNCC(N)=O)SC. The van der Waals surface area contributed by atoms with Gasteiger partial charge in [0.25, 0.3) is 0 Å². The van der Waals surface area contributed by atoms with Crippen LogP contribution in [-0.4, -0.2) is 30.0 Å². The summed E-state index contributed by atoms with van der Waals surface area (Å²) in [6.45, 7) is 5.48. The van der Waals surface area contributed by atoms with Crippen LogP contribution in [0.15, 0.2) is 0 Å². The first kappa shape index (κ1) is 12.8. The minimum Gasteiger partial charge on any atom is -0.369 e. The Morgan fingerprint density at radius 1 is 1.46 bits per heavy atom. The van der Waals surface area contributed by atoms with Crippen molar-refractivity contribution in [2.75, 3.05) is 19.3 Å². The Balaban J connectivity index is 3.88. The second-order valence-electron chi connectivity index (χ2n) is 3.16. The molecule has 0 aromatic carbocycles. The number of nitrogens with two attached hydrogens (primary N) is 1. The number of carbonyl (C=O) groups excluding carboxylic acids is 1. The lowest BCUT2D eigenvalue weighted by atomic mass is 10.0. The highest BCUT2D eigenvalue weighted by Gasteiger charge is 2.23. The molecular weight excluding hydrogens is 184 g/mol. The average molecular weight is 204 g/mol. The summed E-state index contributed by atoms with van der Waals surface area (Å²) in [5.41, 5.74) is 5.04. The van der Waals surface area contributed by atoms with Crippen molar-refractivity contribution < 1.29 is 4.79 Å². The van der Waals surface area contributed by atoms with E-state index >= 15 is 0 Å². The van der Waals surface area contributed by atoms with Crippen molar-refractivity contribution in [3.63, 3.8) is 0 Å². The van der Waals surface area contributed by atoms with E-state index in [0.717, 1.165) is 19.4 Å². The molecule has 0 radical (unpaired) electrons. The van der Waals surface area contributed by atoms with Crippen LogP contribution < -0.4 is 11.1 Å². The van der Waals surface area contributed by atoms with Gasteiger partial charge in [-0.2, -0.15) is 11.8 Å². The molecule has 0 aliphatic heterocycles. The maximum absolute atomic E-state index is 10.5. The lowest BCUT2D eigenvalue weighted by Crippen LogP contribution is -2.40. The van der Waals surface area contributed by atoms with Gasteiger partial charge in [0.2, 0.25) is 5.91 Å². The summed E-state index contributed by atoms with van der Waals surface area (Å²) in [6, 6.07) is 0. The zero-order chi connectivity index (χ0) is 10.3. The van der Waals surface area contributed by atoms with Gasteiger partial charge in [0.05, 0.1) is 6.54 Å². The first-order valence-corrected chi connectivity index (χ1v) is 5.87. The van der Waals surface area contributed by atoms with Gasteiger partial charge in [-0.1, -0.05) is 13.8 Å². The van der Waals surface area contributed by atoms with Gasteiger partial charge in [0, 0.05) is 11.3 Å². The van der Waals surface area contributed by atoms with Gasteiger partial charge in [0.15, 0.2) is 0 Å². The lowest BCUT2D eigenvalue weighted by molar-refractivity contribution is -0.117. The fourth-order valence-electron chi connectivity index (χ4n) is 1.27. The first-order chi connectivity index (χ1) is 6.10. The van der Waals surface area contributed by atoms with Crippen LogP contribution in [0.3, 0.4) is 0 Å². The van der Waals surface area contributed by atoms with Crippen molar-refractivity contribution >= 4 is 17.7 Å². The van der Waals surface area contributed by atoms with Crippen LogP contribution in [0.25, 0.3) is 0 Å². The molecule has 0 aromatic rings. The van der Waals surface area contributed by atoms with Crippen LogP contribution in [0.5, 0.6) is 0 Å². The molecule has 3 N–H and O–H groups in total. The lowest BCUT2D eigenvalue weighted by Gasteiger charge is -2.29. The average Bonchev–Trinajstić information content (AvgIpc) is 2.13. The van der Waals surface area contributed by atoms with E-state index in [1.807, 2.05) is 11.8 Å². The molecule has 0 spiro atoms. The molecule has 0 unspecified atom stereocenters. The zero-order valence-electron chi connectivity index (χ0n) is 8.72.